The van der Waals surface area contributed by atoms with Crippen molar-refractivity contribution < 1.29 is 4.39 Å². The summed E-state index contributed by atoms with van der Waals surface area (Å²) >= 11 is 7.66. The molecule has 0 bridgehead atoms. The summed E-state index contributed by atoms with van der Waals surface area (Å²) in [4.78, 5) is 1.37. The minimum Gasteiger partial charge on any atom is -0.384 e. The molecule has 0 spiro atoms. The van der Waals surface area contributed by atoms with Crippen LogP contribution in [0.2, 0.25) is 5.02 Å². The Balaban J connectivity index is 1.69. The lowest BCUT2D eigenvalue weighted by Gasteiger charge is -2.13. The van der Waals surface area contributed by atoms with Crippen LogP contribution < -0.4 is 5.32 Å². The number of hydrogen-bond donors (Lipinski definition) is 1. The van der Waals surface area contributed by atoms with Gasteiger partial charge in [-0.1, -0.05) is 29.8 Å². The average molecular weight is 294 g/mol. The van der Waals surface area contributed by atoms with E-state index in [1.54, 1.807) is 12.1 Å². The van der Waals surface area contributed by atoms with Crippen molar-refractivity contribution in [3.63, 3.8) is 0 Å². The van der Waals surface area contributed by atoms with Crippen LogP contribution in [0.5, 0.6) is 0 Å². The van der Waals surface area contributed by atoms with E-state index in [1.807, 2.05) is 11.8 Å². The zero-order chi connectivity index (χ0) is 13.2. The predicted molar refractivity (Wildman–Crippen MR) is 79.8 cm³/mol. The Morgan fingerprint density at radius 2 is 2.11 bits per heavy atom. The van der Waals surface area contributed by atoms with Crippen molar-refractivity contribution in [1.82, 2.24) is 0 Å². The largest absolute Gasteiger partial charge is 0.384 e. The second kappa shape index (κ2) is 5.43. The molecule has 1 unspecified atom stereocenters. The molecule has 0 saturated heterocycles. The van der Waals surface area contributed by atoms with Gasteiger partial charge in [0, 0.05) is 28.8 Å². The standard InChI is InChI=1S/C15H13ClFNS/c16-13-7-11(5-6-14(13)17)18-8-10-9-19-15-4-2-1-3-12(10)15/h1-7,10,18H,8-9H2. The Hall–Kier alpha value is -1.19. The molecule has 0 aromatic heterocycles. The van der Waals surface area contributed by atoms with Crippen LogP contribution >= 0.6 is 23.4 Å². The molecule has 1 N–H and O–H groups in total. The van der Waals surface area contributed by atoms with Gasteiger partial charge in [-0.2, -0.15) is 0 Å². The number of fused-ring (bicyclic) bond motifs is 1. The maximum Gasteiger partial charge on any atom is 0.141 e. The molecule has 0 fully saturated rings. The lowest BCUT2D eigenvalue weighted by molar-refractivity contribution is 0.628. The van der Waals surface area contributed by atoms with E-state index in [4.69, 9.17) is 11.6 Å². The Morgan fingerprint density at radius 3 is 2.95 bits per heavy atom. The summed E-state index contributed by atoms with van der Waals surface area (Å²) in [6, 6.07) is 13.2. The molecule has 1 aliphatic rings. The predicted octanol–water partition coefficient (Wildman–Crippen LogP) is 4.78. The highest BCUT2D eigenvalue weighted by Gasteiger charge is 2.22. The molecule has 4 heteroatoms. The lowest BCUT2D eigenvalue weighted by atomic mass is 10.0. The fourth-order valence-electron chi connectivity index (χ4n) is 2.25. The fraction of sp³-hybridized carbons (Fsp3) is 0.200. The van der Waals surface area contributed by atoms with Crippen molar-refractivity contribution in [2.24, 2.45) is 0 Å². The van der Waals surface area contributed by atoms with Crippen molar-refractivity contribution in [2.45, 2.75) is 10.8 Å². The number of halogens is 2. The third-order valence-corrected chi connectivity index (χ3v) is 4.81. The van der Waals surface area contributed by atoms with Gasteiger partial charge in [0.2, 0.25) is 0 Å². The molecule has 0 amide bonds. The molecular formula is C15H13ClFNS. The molecule has 1 nitrogen and oxygen atoms in total. The van der Waals surface area contributed by atoms with Crippen molar-refractivity contribution >= 4 is 29.1 Å². The highest BCUT2D eigenvalue weighted by molar-refractivity contribution is 7.99. The zero-order valence-electron chi connectivity index (χ0n) is 10.2. The zero-order valence-corrected chi connectivity index (χ0v) is 11.8. The first kappa shape index (κ1) is 12.8. The van der Waals surface area contributed by atoms with Crippen molar-refractivity contribution in [3.8, 4) is 0 Å². The first-order valence-corrected chi connectivity index (χ1v) is 7.51. The van der Waals surface area contributed by atoms with Gasteiger partial charge in [-0.15, -0.1) is 11.8 Å². The lowest BCUT2D eigenvalue weighted by Crippen LogP contribution is -2.12. The van der Waals surface area contributed by atoms with Crippen LogP contribution in [0.1, 0.15) is 11.5 Å². The van der Waals surface area contributed by atoms with E-state index in [1.165, 1.54) is 16.5 Å². The van der Waals surface area contributed by atoms with Crippen LogP contribution in [0, 0.1) is 5.82 Å². The number of anilines is 1. The summed E-state index contributed by atoms with van der Waals surface area (Å²) in [5, 5.41) is 3.49. The molecule has 0 saturated carbocycles. The normalized spacial score (nSPS) is 17.3. The van der Waals surface area contributed by atoms with Crippen LogP contribution in [-0.2, 0) is 0 Å². The summed E-state index contributed by atoms with van der Waals surface area (Å²) in [7, 11) is 0. The molecule has 2 aromatic carbocycles. The Morgan fingerprint density at radius 1 is 1.26 bits per heavy atom. The molecule has 1 heterocycles. The Kier molecular flexibility index (Phi) is 3.67. The summed E-state index contributed by atoms with van der Waals surface area (Å²) < 4.78 is 13.1. The maximum absolute atomic E-state index is 13.1. The van der Waals surface area contributed by atoms with Gasteiger partial charge in [-0.3, -0.25) is 0 Å². The summed E-state index contributed by atoms with van der Waals surface area (Å²) in [5.41, 5.74) is 2.26. The van der Waals surface area contributed by atoms with Gasteiger partial charge in [0.05, 0.1) is 5.02 Å². The summed E-state index contributed by atoms with van der Waals surface area (Å²) in [5.74, 6) is 1.19. The average Bonchev–Trinajstić information content (AvgIpc) is 2.83. The third-order valence-electron chi connectivity index (χ3n) is 3.27. The highest BCUT2D eigenvalue weighted by atomic mass is 35.5. The van der Waals surface area contributed by atoms with E-state index < -0.39 is 0 Å². The van der Waals surface area contributed by atoms with Crippen LogP contribution in [0.15, 0.2) is 47.4 Å². The number of hydrogen-bond acceptors (Lipinski definition) is 2. The first-order chi connectivity index (χ1) is 9.24. The first-order valence-electron chi connectivity index (χ1n) is 6.14. The summed E-state index contributed by atoms with van der Waals surface area (Å²) in [6.07, 6.45) is 0. The molecule has 1 aliphatic heterocycles. The molecule has 19 heavy (non-hydrogen) atoms. The fourth-order valence-corrected chi connectivity index (χ4v) is 3.68. The van der Waals surface area contributed by atoms with E-state index in [0.717, 1.165) is 18.0 Å². The Bertz CT molecular complexity index is 602. The van der Waals surface area contributed by atoms with E-state index in [0.29, 0.717) is 5.92 Å². The quantitative estimate of drug-likeness (QED) is 0.874. The van der Waals surface area contributed by atoms with Gasteiger partial charge >= 0.3 is 0 Å². The van der Waals surface area contributed by atoms with Crippen molar-refractivity contribution in [3.05, 3.63) is 58.9 Å². The van der Waals surface area contributed by atoms with Crippen LogP contribution in [0.4, 0.5) is 10.1 Å². The topological polar surface area (TPSA) is 12.0 Å². The van der Waals surface area contributed by atoms with E-state index in [-0.39, 0.29) is 10.8 Å². The maximum atomic E-state index is 13.1. The summed E-state index contributed by atoms with van der Waals surface area (Å²) in [6.45, 7) is 0.839. The molecule has 2 aromatic rings. The van der Waals surface area contributed by atoms with Gasteiger partial charge in [-0.25, -0.2) is 4.39 Å². The van der Waals surface area contributed by atoms with Gasteiger partial charge in [0.15, 0.2) is 0 Å². The van der Waals surface area contributed by atoms with Crippen LogP contribution in [-0.4, -0.2) is 12.3 Å². The second-order valence-corrected chi connectivity index (χ2v) is 6.02. The Labute approximate surface area is 121 Å². The van der Waals surface area contributed by atoms with Crippen LogP contribution in [0.25, 0.3) is 0 Å². The highest BCUT2D eigenvalue weighted by Crippen LogP contribution is 2.39. The number of benzene rings is 2. The molecule has 3 rings (SSSR count). The number of rotatable bonds is 3. The number of nitrogens with one attached hydrogen (secondary N) is 1. The van der Waals surface area contributed by atoms with Gasteiger partial charge in [0.25, 0.3) is 0 Å². The van der Waals surface area contributed by atoms with Gasteiger partial charge in [-0.05, 0) is 29.8 Å². The van der Waals surface area contributed by atoms with E-state index >= 15 is 0 Å². The minimum atomic E-state index is -0.381. The monoisotopic (exact) mass is 293 g/mol. The van der Waals surface area contributed by atoms with Crippen molar-refractivity contribution in [1.29, 1.82) is 0 Å². The van der Waals surface area contributed by atoms with Crippen molar-refractivity contribution in [2.75, 3.05) is 17.6 Å². The molecule has 1 atom stereocenters. The number of thioether (sulfide) groups is 1. The molecular weight excluding hydrogens is 281 g/mol. The smallest absolute Gasteiger partial charge is 0.141 e. The second-order valence-electron chi connectivity index (χ2n) is 4.56. The molecule has 0 radical (unpaired) electrons. The van der Waals surface area contributed by atoms with E-state index in [2.05, 4.69) is 29.6 Å². The SMILES string of the molecule is Fc1ccc(NCC2CSc3ccccc32)cc1Cl. The molecule has 0 aliphatic carbocycles. The molecule has 98 valence electrons. The third kappa shape index (κ3) is 2.72. The minimum absolute atomic E-state index is 0.159. The van der Waals surface area contributed by atoms with Gasteiger partial charge in [0.1, 0.15) is 5.82 Å². The van der Waals surface area contributed by atoms with Crippen LogP contribution in [0.3, 0.4) is 0 Å². The van der Waals surface area contributed by atoms with Gasteiger partial charge < -0.3 is 5.32 Å². The van der Waals surface area contributed by atoms with E-state index in [9.17, 15) is 4.39 Å².